The number of aromatic nitrogens is 2. The summed E-state index contributed by atoms with van der Waals surface area (Å²) in [4.78, 5) is 5.19. The molecule has 13 rings (SSSR count). The average Bonchev–Trinajstić information content (AvgIpc) is 3.94. The van der Waals surface area contributed by atoms with Gasteiger partial charge < -0.3 is 0 Å². The molecule has 0 fully saturated rings. The standard InChI is InChI=1S/C56H34N2/c1-2-17-35(18-3-1)55-57-50-31-14-15-32-51(50)58(55)37-20-16-19-36(33-37)46-34-49-52(43-26-7-5-23-40(43)46)53-44-27-8-4-21-38(44)39-22-6-9-28-45(39)54(53)56(49)47-29-12-10-24-41(47)42-25-11-13-30-48(42)56/h1-34H. The molecule has 10 aromatic carbocycles. The van der Waals surface area contributed by atoms with Crippen LogP contribution in [0.1, 0.15) is 22.3 Å². The molecule has 1 aromatic heterocycles. The predicted molar refractivity (Wildman–Crippen MR) is 241 cm³/mol. The Labute approximate surface area is 335 Å². The SMILES string of the molecule is c1ccc(-c2nc3ccccc3n2-c2cccc(-c3cc4c(c5ccccc35)-c3c(c5ccccc5c5ccccc35)C43c4ccccc4-c4ccccc43)c2)cc1. The van der Waals surface area contributed by atoms with Crippen molar-refractivity contribution in [1.29, 1.82) is 0 Å². The summed E-state index contributed by atoms with van der Waals surface area (Å²) in [5.74, 6) is 0.935. The maximum absolute atomic E-state index is 5.19. The van der Waals surface area contributed by atoms with Gasteiger partial charge in [-0.3, -0.25) is 4.57 Å². The Morgan fingerprint density at radius 2 is 0.914 bits per heavy atom. The third-order valence-corrected chi connectivity index (χ3v) is 13.0. The van der Waals surface area contributed by atoms with Gasteiger partial charge in [-0.15, -0.1) is 0 Å². The lowest BCUT2D eigenvalue weighted by molar-refractivity contribution is 0.803. The van der Waals surface area contributed by atoms with Crippen LogP contribution in [0.5, 0.6) is 0 Å². The molecular weight excluding hydrogens is 701 g/mol. The van der Waals surface area contributed by atoms with Crippen LogP contribution in [-0.2, 0) is 5.41 Å². The largest absolute Gasteiger partial charge is 0.292 e. The molecule has 0 atom stereocenters. The molecule has 0 radical (unpaired) electrons. The van der Waals surface area contributed by atoms with E-state index in [4.69, 9.17) is 4.98 Å². The van der Waals surface area contributed by atoms with Crippen LogP contribution in [0.25, 0.3) is 93.8 Å². The number of hydrogen-bond donors (Lipinski definition) is 0. The minimum Gasteiger partial charge on any atom is -0.292 e. The van der Waals surface area contributed by atoms with Crippen molar-refractivity contribution in [2.75, 3.05) is 0 Å². The van der Waals surface area contributed by atoms with Gasteiger partial charge in [0, 0.05) is 11.3 Å². The van der Waals surface area contributed by atoms with E-state index in [1.807, 2.05) is 0 Å². The summed E-state index contributed by atoms with van der Waals surface area (Å²) in [5, 5.41) is 7.73. The second kappa shape index (κ2) is 11.7. The first kappa shape index (κ1) is 31.6. The first-order valence-electron chi connectivity index (χ1n) is 20.1. The van der Waals surface area contributed by atoms with Gasteiger partial charge in [0.15, 0.2) is 0 Å². The van der Waals surface area contributed by atoms with Crippen LogP contribution in [0.4, 0.5) is 0 Å². The highest BCUT2D eigenvalue weighted by atomic mass is 15.1. The number of hydrogen-bond acceptors (Lipinski definition) is 1. The number of benzene rings is 10. The van der Waals surface area contributed by atoms with E-state index in [0.717, 1.165) is 28.1 Å². The summed E-state index contributed by atoms with van der Waals surface area (Å²) in [5.41, 5.74) is 16.9. The van der Waals surface area contributed by atoms with Crippen LogP contribution in [0, 0.1) is 0 Å². The van der Waals surface area contributed by atoms with E-state index >= 15 is 0 Å². The Hall–Kier alpha value is -7.55. The van der Waals surface area contributed by atoms with Crippen molar-refractivity contribution in [2.45, 2.75) is 5.41 Å². The van der Waals surface area contributed by atoms with E-state index in [1.165, 1.54) is 88.0 Å². The molecule has 2 nitrogen and oxygen atoms in total. The summed E-state index contributed by atoms with van der Waals surface area (Å²) in [6.45, 7) is 0. The van der Waals surface area contributed by atoms with E-state index in [9.17, 15) is 0 Å². The van der Waals surface area contributed by atoms with Crippen LogP contribution >= 0.6 is 0 Å². The molecule has 11 aromatic rings. The molecule has 0 N–H and O–H groups in total. The van der Waals surface area contributed by atoms with Gasteiger partial charge in [0.25, 0.3) is 0 Å². The summed E-state index contributed by atoms with van der Waals surface area (Å²) in [6.07, 6.45) is 0. The molecule has 0 saturated carbocycles. The lowest BCUT2D eigenvalue weighted by atomic mass is 9.68. The fourth-order valence-electron chi connectivity index (χ4n) is 10.8. The highest BCUT2D eigenvalue weighted by molar-refractivity contribution is 6.24. The lowest BCUT2D eigenvalue weighted by Gasteiger charge is -2.32. The van der Waals surface area contributed by atoms with Gasteiger partial charge in [-0.05, 0) is 118 Å². The first-order chi connectivity index (χ1) is 28.8. The van der Waals surface area contributed by atoms with E-state index in [1.54, 1.807) is 0 Å². The molecule has 2 aliphatic carbocycles. The number of nitrogens with zero attached hydrogens (tertiary/aromatic N) is 2. The maximum atomic E-state index is 5.19. The lowest BCUT2D eigenvalue weighted by Crippen LogP contribution is -2.26. The molecule has 1 spiro atoms. The van der Waals surface area contributed by atoms with Gasteiger partial charge >= 0.3 is 0 Å². The van der Waals surface area contributed by atoms with Crippen LogP contribution in [0.2, 0.25) is 0 Å². The molecule has 2 aliphatic rings. The number of rotatable bonds is 3. The molecule has 0 amide bonds. The van der Waals surface area contributed by atoms with Crippen LogP contribution in [0.3, 0.4) is 0 Å². The summed E-state index contributed by atoms with van der Waals surface area (Å²) < 4.78 is 2.32. The monoisotopic (exact) mass is 734 g/mol. The molecule has 0 aliphatic heterocycles. The summed E-state index contributed by atoms with van der Waals surface area (Å²) in [7, 11) is 0. The summed E-state index contributed by atoms with van der Waals surface area (Å²) in [6, 6.07) is 76.2. The zero-order valence-electron chi connectivity index (χ0n) is 31.5. The van der Waals surface area contributed by atoms with Gasteiger partial charge in [-0.2, -0.15) is 0 Å². The van der Waals surface area contributed by atoms with Crippen molar-refractivity contribution < 1.29 is 0 Å². The summed E-state index contributed by atoms with van der Waals surface area (Å²) >= 11 is 0. The molecule has 268 valence electrons. The molecule has 0 saturated heterocycles. The van der Waals surface area contributed by atoms with Crippen molar-refractivity contribution in [3.8, 4) is 50.5 Å². The second-order valence-electron chi connectivity index (χ2n) is 15.8. The molecule has 58 heavy (non-hydrogen) atoms. The van der Waals surface area contributed by atoms with Gasteiger partial charge in [0.05, 0.1) is 16.4 Å². The average molecular weight is 735 g/mol. The number of para-hydroxylation sites is 2. The Morgan fingerprint density at radius 3 is 1.66 bits per heavy atom. The topological polar surface area (TPSA) is 17.8 Å². The second-order valence-corrected chi connectivity index (χ2v) is 15.8. The van der Waals surface area contributed by atoms with E-state index in [2.05, 4.69) is 211 Å². The Kier molecular flexibility index (Phi) is 6.40. The Bertz CT molecular complexity index is 3470. The quantitative estimate of drug-likeness (QED) is 0.165. The molecule has 1 heterocycles. The van der Waals surface area contributed by atoms with Crippen LogP contribution in [-0.4, -0.2) is 9.55 Å². The van der Waals surface area contributed by atoms with Gasteiger partial charge in [-0.25, -0.2) is 4.98 Å². The zero-order valence-corrected chi connectivity index (χ0v) is 31.5. The van der Waals surface area contributed by atoms with E-state index in [-0.39, 0.29) is 0 Å². The van der Waals surface area contributed by atoms with Gasteiger partial charge in [0.1, 0.15) is 5.82 Å². The fraction of sp³-hybridized carbons (Fsp3) is 0.0179. The van der Waals surface area contributed by atoms with Crippen molar-refractivity contribution in [3.05, 3.63) is 229 Å². The minimum atomic E-state index is -0.529. The fourth-order valence-corrected chi connectivity index (χ4v) is 10.8. The molecule has 2 heteroatoms. The molecule has 0 bridgehead atoms. The number of fused-ring (bicyclic) bond motifs is 18. The maximum Gasteiger partial charge on any atom is 0.145 e. The third-order valence-electron chi connectivity index (χ3n) is 13.0. The highest BCUT2D eigenvalue weighted by Crippen LogP contribution is 2.67. The highest BCUT2D eigenvalue weighted by Gasteiger charge is 2.53. The molecular formula is C56H34N2. The van der Waals surface area contributed by atoms with Gasteiger partial charge in [-0.1, -0.05) is 176 Å². The van der Waals surface area contributed by atoms with Crippen LogP contribution < -0.4 is 0 Å². The minimum absolute atomic E-state index is 0.529. The Morgan fingerprint density at radius 1 is 0.362 bits per heavy atom. The number of imidazole rings is 1. The van der Waals surface area contributed by atoms with Gasteiger partial charge in [0.2, 0.25) is 0 Å². The van der Waals surface area contributed by atoms with Crippen LogP contribution in [0.15, 0.2) is 206 Å². The smallest absolute Gasteiger partial charge is 0.145 e. The molecule has 0 unspecified atom stereocenters. The zero-order chi connectivity index (χ0) is 38.0. The van der Waals surface area contributed by atoms with Crippen molar-refractivity contribution in [3.63, 3.8) is 0 Å². The van der Waals surface area contributed by atoms with E-state index in [0.29, 0.717) is 0 Å². The first-order valence-corrected chi connectivity index (χ1v) is 20.1. The predicted octanol–water partition coefficient (Wildman–Crippen LogP) is 14.2. The Balaban J connectivity index is 1.17. The van der Waals surface area contributed by atoms with Crippen molar-refractivity contribution in [1.82, 2.24) is 9.55 Å². The normalized spacial score (nSPS) is 13.3. The van der Waals surface area contributed by atoms with Crippen molar-refractivity contribution in [2.24, 2.45) is 0 Å². The van der Waals surface area contributed by atoms with E-state index < -0.39 is 5.41 Å². The van der Waals surface area contributed by atoms with Crippen molar-refractivity contribution >= 4 is 43.4 Å². The third kappa shape index (κ3) is 4.03.